The lowest BCUT2D eigenvalue weighted by Crippen LogP contribution is -2.38. The molecule has 0 heterocycles. The summed E-state index contributed by atoms with van der Waals surface area (Å²) in [7, 11) is 6.63. The molecule has 182 valence electrons. The van der Waals surface area contributed by atoms with Crippen molar-refractivity contribution in [2.24, 2.45) is 4.99 Å². The maximum Gasteiger partial charge on any atom is 0.253 e. The fraction of sp³-hybridized carbons (Fsp3) is 0.417. The van der Waals surface area contributed by atoms with Crippen LogP contribution in [0.1, 0.15) is 34.5 Å². The standard InChI is InChI=1S/C24H34N4O4.HI/c1-6-25-24(26-11-10-17-8-7-9-18(12-17)23(30)28(2)3)27-16-22(29)19-13-20(31-4)15-21(14-19)32-5;/h7-9,12-15,22,29H,6,10-11,16H2,1-5H3,(H2,25,26,27);1H. The molecule has 0 aliphatic rings. The summed E-state index contributed by atoms with van der Waals surface area (Å²) in [4.78, 5) is 18.2. The van der Waals surface area contributed by atoms with E-state index in [2.05, 4.69) is 15.6 Å². The molecule has 3 N–H and O–H groups in total. The van der Waals surface area contributed by atoms with Gasteiger partial charge >= 0.3 is 0 Å². The number of hydrogen-bond donors (Lipinski definition) is 3. The third-order valence-electron chi connectivity index (χ3n) is 4.81. The molecule has 8 nitrogen and oxygen atoms in total. The summed E-state index contributed by atoms with van der Waals surface area (Å²) in [5.41, 5.74) is 2.40. The van der Waals surface area contributed by atoms with Gasteiger partial charge in [0.2, 0.25) is 0 Å². The first-order valence-corrected chi connectivity index (χ1v) is 10.6. The van der Waals surface area contributed by atoms with Gasteiger partial charge in [-0.25, -0.2) is 0 Å². The van der Waals surface area contributed by atoms with Crippen molar-refractivity contribution < 1.29 is 19.4 Å². The third-order valence-corrected chi connectivity index (χ3v) is 4.81. The first-order valence-electron chi connectivity index (χ1n) is 10.6. The first kappa shape index (κ1) is 28.5. The molecule has 0 saturated carbocycles. The number of methoxy groups -OCH3 is 2. The Kier molecular flexibility index (Phi) is 12.6. The maximum atomic E-state index is 12.2. The van der Waals surface area contributed by atoms with E-state index in [1.54, 1.807) is 51.4 Å². The molecule has 2 aromatic carbocycles. The number of benzene rings is 2. The minimum absolute atomic E-state index is 0. The van der Waals surface area contributed by atoms with E-state index in [1.807, 2.05) is 31.2 Å². The van der Waals surface area contributed by atoms with Gasteiger partial charge in [0, 0.05) is 38.8 Å². The third kappa shape index (κ3) is 9.09. The first-order chi connectivity index (χ1) is 15.4. The molecule has 33 heavy (non-hydrogen) atoms. The number of amides is 1. The molecular formula is C24H35IN4O4. The Bertz CT molecular complexity index is 899. The van der Waals surface area contributed by atoms with Gasteiger partial charge in [0.1, 0.15) is 11.5 Å². The van der Waals surface area contributed by atoms with Crippen LogP contribution in [0.5, 0.6) is 11.5 Å². The van der Waals surface area contributed by atoms with Crippen LogP contribution in [-0.2, 0) is 6.42 Å². The Morgan fingerprint density at radius 3 is 2.33 bits per heavy atom. The molecule has 2 rings (SSSR count). The second-order valence-corrected chi connectivity index (χ2v) is 7.46. The van der Waals surface area contributed by atoms with Crippen LogP contribution in [0.4, 0.5) is 0 Å². The number of ether oxygens (including phenoxy) is 2. The fourth-order valence-corrected chi connectivity index (χ4v) is 3.09. The van der Waals surface area contributed by atoms with Gasteiger partial charge in [-0.2, -0.15) is 0 Å². The van der Waals surface area contributed by atoms with Crippen molar-refractivity contribution in [3.63, 3.8) is 0 Å². The van der Waals surface area contributed by atoms with Gasteiger partial charge in [0.25, 0.3) is 5.91 Å². The number of carbonyl (C=O) groups is 1. The molecule has 0 aromatic heterocycles. The number of guanidine groups is 1. The van der Waals surface area contributed by atoms with Crippen LogP contribution < -0.4 is 20.1 Å². The average Bonchev–Trinajstić information content (AvgIpc) is 2.81. The second kappa shape index (κ2) is 14.6. The highest BCUT2D eigenvalue weighted by molar-refractivity contribution is 14.0. The Hall–Kier alpha value is -2.53. The van der Waals surface area contributed by atoms with Crippen molar-refractivity contribution in [1.82, 2.24) is 15.5 Å². The summed E-state index contributed by atoms with van der Waals surface area (Å²) in [6, 6.07) is 12.9. The topological polar surface area (TPSA) is 95.4 Å². The summed E-state index contributed by atoms with van der Waals surface area (Å²) in [5.74, 6) is 1.82. The minimum Gasteiger partial charge on any atom is -0.497 e. The number of aliphatic hydroxyl groups is 1. The summed E-state index contributed by atoms with van der Waals surface area (Å²) in [5, 5.41) is 17.1. The summed E-state index contributed by atoms with van der Waals surface area (Å²) < 4.78 is 10.5. The fourth-order valence-electron chi connectivity index (χ4n) is 3.09. The van der Waals surface area contributed by atoms with Gasteiger partial charge in [-0.05, 0) is 48.7 Å². The van der Waals surface area contributed by atoms with Gasteiger partial charge in [-0.3, -0.25) is 9.79 Å². The van der Waals surface area contributed by atoms with Gasteiger partial charge in [0.15, 0.2) is 5.96 Å². The van der Waals surface area contributed by atoms with E-state index in [9.17, 15) is 9.90 Å². The van der Waals surface area contributed by atoms with Crippen molar-refractivity contribution in [1.29, 1.82) is 0 Å². The van der Waals surface area contributed by atoms with Crippen molar-refractivity contribution in [3.05, 3.63) is 59.2 Å². The van der Waals surface area contributed by atoms with Crippen molar-refractivity contribution in [3.8, 4) is 11.5 Å². The lowest BCUT2D eigenvalue weighted by molar-refractivity contribution is 0.0827. The second-order valence-electron chi connectivity index (χ2n) is 7.46. The Morgan fingerprint density at radius 2 is 1.76 bits per heavy atom. The van der Waals surface area contributed by atoms with Gasteiger partial charge in [-0.1, -0.05) is 12.1 Å². The van der Waals surface area contributed by atoms with E-state index in [4.69, 9.17) is 9.47 Å². The number of carbonyl (C=O) groups excluding carboxylic acids is 1. The number of rotatable bonds is 10. The van der Waals surface area contributed by atoms with Gasteiger partial charge in [-0.15, -0.1) is 24.0 Å². The zero-order valence-electron chi connectivity index (χ0n) is 19.9. The van der Waals surface area contributed by atoms with Gasteiger partial charge in [0.05, 0.1) is 26.9 Å². The number of hydrogen-bond acceptors (Lipinski definition) is 5. The zero-order chi connectivity index (χ0) is 23.5. The molecule has 1 amide bonds. The van der Waals surface area contributed by atoms with Gasteiger partial charge < -0.3 is 30.1 Å². The van der Waals surface area contributed by atoms with E-state index < -0.39 is 6.10 Å². The number of nitrogens with one attached hydrogen (secondary N) is 2. The van der Waals surface area contributed by atoms with Crippen molar-refractivity contribution in [2.75, 3.05) is 47.9 Å². The smallest absolute Gasteiger partial charge is 0.253 e. The maximum absolute atomic E-state index is 12.2. The lowest BCUT2D eigenvalue weighted by Gasteiger charge is -2.15. The SMILES string of the molecule is CCNC(=NCC(O)c1cc(OC)cc(OC)c1)NCCc1cccc(C(=O)N(C)C)c1.I. The summed E-state index contributed by atoms with van der Waals surface area (Å²) >= 11 is 0. The van der Waals surface area contributed by atoms with Crippen LogP contribution in [-0.4, -0.2) is 69.8 Å². The number of aliphatic hydroxyl groups excluding tert-OH is 1. The molecule has 0 fully saturated rings. The highest BCUT2D eigenvalue weighted by Gasteiger charge is 2.12. The van der Waals surface area contributed by atoms with Crippen LogP contribution in [0.15, 0.2) is 47.5 Å². The van der Waals surface area contributed by atoms with E-state index >= 15 is 0 Å². The van der Waals surface area contributed by atoms with Crippen LogP contribution in [0.25, 0.3) is 0 Å². The predicted octanol–water partition coefficient (Wildman–Crippen LogP) is 2.85. The molecule has 0 spiro atoms. The summed E-state index contributed by atoms with van der Waals surface area (Å²) in [6.07, 6.45) is -0.0719. The predicted molar refractivity (Wildman–Crippen MR) is 142 cm³/mol. The van der Waals surface area contributed by atoms with E-state index in [0.717, 1.165) is 12.0 Å². The molecule has 0 aliphatic carbocycles. The minimum atomic E-state index is -0.803. The molecule has 9 heteroatoms. The molecule has 0 saturated heterocycles. The molecule has 1 atom stereocenters. The normalized spacial score (nSPS) is 11.8. The molecule has 1 unspecified atom stereocenters. The lowest BCUT2D eigenvalue weighted by atomic mass is 10.1. The van der Waals surface area contributed by atoms with E-state index in [1.165, 1.54) is 0 Å². The molecule has 0 aliphatic heterocycles. The van der Waals surface area contributed by atoms with Crippen LogP contribution >= 0.6 is 24.0 Å². The Labute approximate surface area is 213 Å². The van der Waals surface area contributed by atoms with Crippen LogP contribution in [0.2, 0.25) is 0 Å². The molecular weight excluding hydrogens is 535 g/mol. The largest absolute Gasteiger partial charge is 0.497 e. The highest BCUT2D eigenvalue weighted by Crippen LogP contribution is 2.26. The Balaban J connectivity index is 0.00000544. The number of aliphatic imine (C=N–C) groups is 1. The van der Waals surface area contributed by atoms with Crippen LogP contribution in [0.3, 0.4) is 0 Å². The van der Waals surface area contributed by atoms with E-state index in [0.29, 0.717) is 41.7 Å². The quantitative estimate of drug-likeness (QED) is 0.231. The van der Waals surface area contributed by atoms with Crippen molar-refractivity contribution in [2.45, 2.75) is 19.4 Å². The summed E-state index contributed by atoms with van der Waals surface area (Å²) in [6.45, 7) is 3.49. The van der Waals surface area contributed by atoms with Crippen LogP contribution in [0, 0.1) is 0 Å². The number of halogens is 1. The van der Waals surface area contributed by atoms with E-state index in [-0.39, 0.29) is 36.4 Å². The zero-order valence-corrected chi connectivity index (χ0v) is 22.3. The highest BCUT2D eigenvalue weighted by atomic mass is 127. The monoisotopic (exact) mass is 570 g/mol. The molecule has 0 bridgehead atoms. The average molecular weight is 570 g/mol. The van der Waals surface area contributed by atoms with Crippen molar-refractivity contribution >= 4 is 35.8 Å². The Morgan fingerprint density at radius 1 is 1.09 bits per heavy atom. The number of nitrogens with zero attached hydrogens (tertiary/aromatic N) is 2. The molecule has 0 radical (unpaired) electrons. The molecule has 2 aromatic rings.